The highest BCUT2D eigenvalue weighted by molar-refractivity contribution is 8.00. The number of benzene rings is 2. The Balaban J connectivity index is 1.80. The van der Waals surface area contributed by atoms with Crippen LogP contribution in [0.1, 0.15) is 23.7 Å². The van der Waals surface area contributed by atoms with Gasteiger partial charge in [-0.1, -0.05) is 6.07 Å². The van der Waals surface area contributed by atoms with Crippen molar-refractivity contribution in [3.05, 3.63) is 54.1 Å². The number of ketones is 1. The molecule has 0 aliphatic carbocycles. The van der Waals surface area contributed by atoms with Gasteiger partial charge in [-0.15, -0.1) is 11.8 Å². The van der Waals surface area contributed by atoms with E-state index in [1.807, 2.05) is 12.1 Å². The summed E-state index contributed by atoms with van der Waals surface area (Å²) < 4.78 is 0. The molecule has 1 aliphatic heterocycles. The number of nitrogens with two attached hydrogens (primary N) is 1. The first-order valence-corrected chi connectivity index (χ1v) is 8.33. The van der Waals surface area contributed by atoms with E-state index in [-0.39, 0.29) is 24.0 Å². The largest absolute Gasteiger partial charge is 0.399 e. The van der Waals surface area contributed by atoms with E-state index < -0.39 is 5.25 Å². The summed E-state index contributed by atoms with van der Waals surface area (Å²) in [4.78, 5) is 38.3. The van der Waals surface area contributed by atoms with Crippen LogP contribution in [0, 0.1) is 0 Å². The van der Waals surface area contributed by atoms with E-state index in [1.54, 1.807) is 36.4 Å². The summed E-state index contributed by atoms with van der Waals surface area (Å²) in [7, 11) is 0. The van der Waals surface area contributed by atoms with E-state index in [1.165, 1.54) is 23.6 Å². The van der Waals surface area contributed by atoms with Crippen molar-refractivity contribution in [2.45, 2.75) is 23.5 Å². The molecule has 122 valence electrons. The summed E-state index contributed by atoms with van der Waals surface area (Å²) >= 11 is 1.34. The fraction of sp³-hybridized carbons (Fsp3) is 0.167. The molecule has 0 unspecified atom stereocenters. The molecule has 0 saturated carbocycles. The number of carbonyl (C=O) groups is 3. The molecule has 1 heterocycles. The molecular weight excluding hydrogens is 324 g/mol. The average molecular weight is 340 g/mol. The van der Waals surface area contributed by atoms with Crippen molar-refractivity contribution < 1.29 is 14.4 Å². The molecule has 1 atom stereocenters. The lowest BCUT2D eigenvalue weighted by atomic mass is 10.1. The second-order valence-electron chi connectivity index (χ2n) is 5.55. The van der Waals surface area contributed by atoms with Gasteiger partial charge in [0.15, 0.2) is 5.78 Å². The molecule has 3 rings (SSSR count). The van der Waals surface area contributed by atoms with E-state index >= 15 is 0 Å². The molecule has 0 radical (unpaired) electrons. The lowest BCUT2D eigenvalue weighted by Crippen LogP contribution is -2.31. The Kier molecular flexibility index (Phi) is 4.40. The Morgan fingerprint density at radius 2 is 1.88 bits per heavy atom. The number of hydrogen-bond acceptors (Lipinski definition) is 5. The fourth-order valence-electron chi connectivity index (χ4n) is 2.56. The number of rotatable bonds is 4. The molecule has 0 bridgehead atoms. The molecule has 1 saturated heterocycles. The van der Waals surface area contributed by atoms with Gasteiger partial charge in [0.05, 0.1) is 10.9 Å². The third-order valence-corrected chi connectivity index (χ3v) is 4.95. The van der Waals surface area contributed by atoms with Crippen molar-refractivity contribution in [3.8, 4) is 0 Å². The minimum atomic E-state index is -0.466. The molecule has 0 aromatic heterocycles. The van der Waals surface area contributed by atoms with Crippen LogP contribution in [0.5, 0.6) is 0 Å². The second-order valence-corrected chi connectivity index (χ2v) is 6.83. The highest BCUT2D eigenvalue weighted by Gasteiger charge is 2.40. The zero-order valence-electron chi connectivity index (χ0n) is 13.1. The van der Waals surface area contributed by atoms with E-state index in [2.05, 4.69) is 0 Å². The van der Waals surface area contributed by atoms with Gasteiger partial charge in [0, 0.05) is 22.6 Å². The molecule has 0 spiro atoms. The van der Waals surface area contributed by atoms with E-state index in [9.17, 15) is 14.4 Å². The molecule has 2 aromatic rings. The van der Waals surface area contributed by atoms with Crippen molar-refractivity contribution in [1.29, 1.82) is 0 Å². The summed E-state index contributed by atoms with van der Waals surface area (Å²) in [5.41, 5.74) is 7.40. The summed E-state index contributed by atoms with van der Waals surface area (Å²) in [5.74, 6) is -0.546. The van der Waals surface area contributed by atoms with Crippen LogP contribution < -0.4 is 10.6 Å². The van der Waals surface area contributed by atoms with E-state index in [0.717, 1.165) is 4.90 Å². The minimum Gasteiger partial charge on any atom is -0.399 e. The molecule has 2 N–H and O–H groups in total. The van der Waals surface area contributed by atoms with Gasteiger partial charge >= 0.3 is 0 Å². The van der Waals surface area contributed by atoms with Gasteiger partial charge in [-0.2, -0.15) is 0 Å². The number of nitrogens with zero attached hydrogens (tertiary/aromatic N) is 1. The normalized spacial score (nSPS) is 17.4. The molecule has 6 heteroatoms. The van der Waals surface area contributed by atoms with Gasteiger partial charge in [0.1, 0.15) is 0 Å². The first-order chi connectivity index (χ1) is 11.5. The molecule has 5 nitrogen and oxygen atoms in total. The molecular formula is C18H16N2O3S. The lowest BCUT2D eigenvalue weighted by molar-refractivity contribution is -0.121. The summed E-state index contributed by atoms with van der Waals surface area (Å²) in [5, 5.41) is -0.466. The lowest BCUT2D eigenvalue weighted by Gasteiger charge is -2.15. The summed E-state index contributed by atoms with van der Waals surface area (Å²) in [6, 6.07) is 13.7. The van der Waals surface area contributed by atoms with Gasteiger partial charge in [0.25, 0.3) is 0 Å². The third-order valence-electron chi connectivity index (χ3n) is 3.77. The summed E-state index contributed by atoms with van der Waals surface area (Å²) in [6.07, 6.45) is 0.146. The summed E-state index contributed by atoms with van der Waals surface area (Å²) in [6.45, 7) is 1.47. The van der Waals surface area contributed by atoms with Crippen molar-refractivity contribution in [1.82, 2.24) is 0 Å². The number of anilines is 2. The van der Waals surface area contributed by atoms with Crippen LogP contribution in [0.15, 0.2) is 53.4 Å². The van der Waals surface area contributed by atoms with Crippen LogP contribution in [0.4, 0.5) is 11.4 Å². The van der Waals surface area contributed by atoms with Crippen LogP contribution in [0.2, 0.25) is 0 Å². The van der Waals surface area contributed by atoms with Crippen molar-refractivity contribution >= 4 is 40.7 Å². The molecule has 1 aliphatic rings. The van der Waals surface area contributed by atoms with Gasteiger partial charge in [-0.3, -0.25) is 14.4 Å². The van der Waals surface area contributed by atoms with E-state index in [0.29, 0.717) is 16.9 Å². The maximum Gasteiger partial charge on any atom is 0.247 e. The Labute approximate surface area is 143 Å². The molecule has 24 heavy (non-hydrogen) atoms. The number of carbonyl (C=O) groups excluding carboxylic acids is 3. The van der Waals surface area contributed by atoms with Gasteiger partial charge < -0.3 is 5.73 Å². The smallest absolute Gasteiger partial charge is 0.247 e. The highest BCUT2D eigenvalue weighted by Crippen LogP contribution is 2.34. The fourth-order valence-corrected chi connectivity index (χ4v) is 3.69. The van der Waals surface area contributed by atoms with Crippen molar-refractivity contribution in [2.24, 2.45) is 0 Å². The topological polar surface area (TPSA) is 80.5 Å². The van der Waals surface area contributed by atoms with Crippen LogP contribution in [0.25, 0.3) is 0 Å². The molecule has 2 amide bonds. The quantitative estimate of drug-likeness (QED) is 0.526. The Morgan fingerprint density at radius 3 is 2.50 bits per heavy atom. The third kappa shape index (κ3) is 3.19. The number of imide groups is 1. The first-order valence-electron chi connectivity index (χ1n) is 7.45. The Bertz CT molecular complexity index is 817. The zero-order valence-corrected chi connectivity index (χ0v) is 13.9. The van der Waals surface area contributed by atoms with Crippen molar-refractivity contribution in [2.75, 3.05) is 10.6 Å². The van der Waals surface area contributed by atoms with Gasteiger partial charge in [-0.25, -0.2) is 4.90 Å². The maximum atomic E-state index is 12.6. The van der Waals surface area contributed by atoms with Crippen molar-refractivity contribution in [3.63, 3.8) is 0 Å². The van der Waals surface area contributed by atoms with Crippen LogP contribution in [0.3, 0.4) is 0 Å². The molecule has 1 fully saturated rings. The minimum absolute atomic E-state index is 0.0595. The Morgan fingerprint density at radius 1 is 1.17 bits per heavy atom. The highest BCUT2D eigenvalue weighted by atomic mass is 32.2. The first kappa shape index (κ1) is 16.3. The Hall–Kier alpha value is -2.60. The maximum absolute atomic E-state index is 12.6. The predicted octanol–water partition coefficient (Wildman–Crippen LogP) is 2.90. The SMILES string of the molecule is CC(=O)c1ccc(N2C(=O)C[C@@H](Sc3cccc(N)c3)C2=O)cc1. The predicted molar refractivity (Wildman–Crippen MR) is 94.1 cm³/mol. The average Bonchev–Trinajstić information content (AvgIpc) is 2.81. The number of hydrogen-bond donors (Lipinski definition) is 1. The number of Topliss-reactive ketones (excluding diaryl/α,β-unsaturated/α-hetero) is 1. The monoisotopic (exact) mass is 340 g/mol. The number of amides is 2. The number of nitrogen functional groups attached to an aromatic ring is 1. The zero-order chi connectivity index (χ0) is 17.3. The van der Waals surface area contributed by atoms with Crippen LogP contribution >= 0.6 is 11.8 Å². The van der Waals surface area contributed by atoms with Gasteiger partial charge in [0.2, 0.25) is 11.8 Å². The van der Waals surface area contributed by atoms with Crippen LogP contribution in [-0.4, -0.2) is 22.8 Å². The standard InChI is InChI=1S/C18H16N2O3S/c1-11(21)12-5-7-14(8-6-12)20-17(22)10-16(18(20)23)24-15-4-2-3-13(19)9-15/h2-9,16H,10,19H2,1H3/t16-/m1/s1. The molecule has 2 aromatic carbocycles. The van der Waals surface area contributed by atoms with Gasteiger partial charge in [-0.05, 0) is 49.4 Å². The van der Waals surface area contributed by atoms with Crippen LogP contribution in [-0.2, 0) is 9.59 Å². The second kappa shape index (κ2) is 6.49. The van der Waals surface area contributed by atoms with E-state index in [4.69, 9.17) is 5.73 Å². The number of thioether (sulfide) groups is 1.